The van der Waals surface area contributed by atoms with Gasteiger partial charge in [0.2, 0.25) is 0 Å². The lowest BCUT2D eigenvalue weighted by molar-refractivity contribution is 0.220. The summed E-state index contributed by atoms with van der Waals surface area (Å²) in [5.41, 5.74) is 0. The summed E-state index contributed by atoms with van der Waals surface area (Å²) < 4.78 is 1.20. The number of rotatable bonds is 7. The van der Waals surface area contributed by atoms with Gasteiger partial charge in [-0.05, 0) is 66.1 Å². The van der Waals surface area contributed by atoms with Crippen molar-refractivity contribution < 1.29 is 0 Å². The zero-order chi connectivity index (χ0) is 13.9. The van der Waals surface area contributed by atoms with Gasteiger partial charge in [-0.3, -0.25) is 0 Å². The lowest BCUT2D eigenvalue weighted by Crippen LogP contribution is -2.34. The monoisotopic (exact) mass is 356 g/mol. The lowest BCUT2D eigenvalue weighted by Gasteiger charge is -2.27. The molecule has 2 fully saturated rings. The molecule has 1 heterocycles. The molecule has 0 radical (unpaired) electrons. The Bertz CT molecular complexity index is 434. The minimum Gasteiger partial charge on any atom is -0.311 e. The molecular weight excluding hydrogens is 332 g/mol. The fourth-order valence-corrected chi connectivity index (χ4v) is 5.44. The maximum Gasteiger partial charge on any atom is 0.0300 e. The summed E-state index contributed by atoms with van der Waals surface area (Å²) in [7, 11) is 2.29. The maximum atomic E-state index is 3.55. The van der Waals surface area contributed by atoms with E-state index in [0.717, 1.165) is 30.8 Å². The van der Waals surface area contributed by atoms with Crippen LogP contribution in [0.25, 0.3) is 0 Å². The maximum absolute atomic E-state index is 3.55. The Labute approximate surface area is 135 Å². The summed E-state index contributed by atoms with van der Waals surface area (Å²) in [4.78, 5) is 3.94. The molecule has 1 aromatic heterocycles. The molecule has 1 N–H and O–H groups in total. The molecule has 2 bridgehead atoms. The second-order valence-electron chi connectivity index (χ2n) is 6.61. The normalized spacial score (nSPS) is 28.6. The molecule has 3 rings (SSSR count). The number of likely N-dealkylation sites (N-methyl/N-ethyl adjacent to an activating group) is 1. The third-order valence-corrected chi connectivity index (χ3v) is 6.72. The first-order valence-corrected chi connectivity index (χ1v) is 9.50. The van der Waals surface area contributed by atoms with E-state index in [9.17, 15) is 0 Å². The van der Waals surface area contributed by atoms with Crippen molar-refractivity contribution in [3.63, 3.8) is 0 Å². The van der Waals surface area contributed by atoms with E-state index in [2.05, 4.69) is 44.6 Å². The molecule has 112 valence electrons. The van der Waals surface area contributed by atoms with Gasteiger partial charge in [-0.15, -0.1) is 11.3 Å². The first kappa shape index (κ1) is 15.0. The van der Waals surface area contributed by atoms with Crippen LogP contribution >= 0.6 is 27.3 Å². The van der Waals surface area contributed by atoms with Gasteiger partial charge >= 0.3 is 0 Å². The van der Waals surface area contributed by atoms with Gasteiger partial charge in [0, 0.05) is 40.9 Å². The van der Waals surface area contributed by atoms with Crippen LogP contribution in [0, 0.1) is 17.8 Å². The Hall–Kier alpha value is 0.1000. The Balaban J connectivity index is 1.30. The van der Waals surface area contributed by atoms with Crippen molar-refractivity contribution in [1.82, 2.24) is 10.2 Å². The minimum atomic E-state index is 0.993. The highest BCUT2D eigenvalue weighted by atomic mass is 79.9. The predicted octanol–water partition coefficient (Wildman–Crippen LogP) is 3.97. The summed E-state index contributed by atoms with van der Waals surface area (Å²) in [6.45, 7) is 4.57. The largest absolute Gasteiger partial charge is 0.311 e. The van der Waals surface area contributed by atoms with Crippen LogP contribution in [0.4, 0.5) is 0 Å². The van der Waals surface area contributed by atoms with Crippen LogP contribution in [0.15, 0.2) is 15.9 Å². The SMILES string of the molecule is CN(CCNCc1cc(Br)cs1)CC1CC2CCC1C2. The van der Waals surface area contributed by atoms with Gasteiger partial charge < -0.3 is 10.2 Å². The number of nitrogens with zero attached hydrogens (tertiary/aromatic N) is 1. The van der Waals surface area contributed by atoms with E-state index in [0.29, 0.717) is 0 Å². The Morgan fingerprint density at radius 2 is 2.30 bits per heavy atom. The van der Waals surface area contributed by atoms with Crippen molar-refractivity contribution in [3.8, 4) is 0 Å². The van der Waals surface area contributed by atoms with Crippen molar-refractivity contribution in [3.05, 3.63) is 20.8 Å². The van der Waals surface area contributed by atoms with Crippen molar-refractivity contribution in [1.29, 1.82) is 0 Å². The van der Waals surface area contributed by atoms with Crippen LogP contribution in [0.3, 0.4) is 0 Å². The number of fused-ring (bicyclic) bond motifs is 2. The quantitative estimate of drug-likeness (QED) is 0.743. The standard InChI is InChI=1S/C16H25BrN2S/c1-19(10-14-7-12-2-3-13(14)6-12)5-4-18-9-16-8-15(17)11-20-16/h8,11-14,18H,2-7,9-10H2,1H3. The summed E-state index contributed by atoms with van der Waals surface area (Å²) in [5.74, 6) is 3.12. The van der Waals surface area contributed by atoms with Crippen LogP contribution in [0.5, 0.6) is 0 Å². The van der Waals surface area contributed by atoms with Crippen LogP contribution in [-0.2, 0) is 6.54 Å². The number of halogens is 1. The van der Waals surface area contributed by atoms with Crippen molar-refractivity contribution in [2.45, 2.75) is 32.2 Å². The molecular formula is C16H25BrN2S. The van der Waals surface area contributed by atoms with E-state index in [1.807, 2.05) is 11.3 Å². The van der Waals surface area contributed by atoms with Crippen LogP contribution < -0.4 is 5.32 Å². The summed E-state index contributed by atoms with van der Waals surface area (Å²) in [5, 5.41) is 5.70. The van der Waals surface area contributed by atoms with Crippen LogP contribution in [-0.4, -0.2) is 31.6 Å². The molecule has 3 unspecified atom stereocenters. The van der Waals surface area contributed by atoms with Crippen LogP contribution in [0.1, 0.15) is 30.6 Å². The first-order valence-electron chi connectivity index (χ1n) is 7.83. The number of hydrogen-bond acceptors (Lipinski definition) is 3. The molecule has 2 saturated carbocycles. The molecule has 2 nitrogen and oxygen atoms in total. The Morgan fingerprint density at radius 1 is 1.40 bits per heavy atom. The summed E-state index contributed by atoms with van der Waals surface area (Å²) >= 11 is 5.32. The lowest BCUT2D eigenvalue weighted by atomic mass is 9.88. The second kappa shape index (κ2) is 6.91. The first-order chi connectivity index (χ1) is 9.70. The molecule has 0 aliphatic heterocycles. The molecule has 2 aliphatic carbocycles. The van der Waals surface area contributed by atoms with E-state index in [4.69, 9.17) is 0 Å². The van der Waals surface area contributed by atoms with E-state index >= 15 is 0 Å². The van der Waals surface area contributed by atoms with Crippen molar-refractivity contribution in [2.75, 3.05) is 26.7 Å². The average Bonchev–Trinajstić information content (AvgIpc) is 3.11. The molecule has 0 saturated heterocycles. The van der Waals surface area contributed by atoms with Gasteiger partial charge in [0.25, 0.3) is 0 Å². The average molecular weight is 357 g/mol. The van der Waals surface area contributed by atoms with E-state index < -0.39 is 0 Å². The van der Waals surface area contributed by atoms with E-state index in [-0.39, 0.29) is 0 Å². The topological polar surface area (TPSA) is 15.3 Å². The molecule has 2 aliphatic rings. The number of thiophene rings is 1. The molecule has 0 spiro atoms. The van der Waals surface area contributed by atoms with Gasteiger partial charge in [-0.1, -0.05) is 6.42 Å². The second-order valence-corrected chi connectivity index (χ2v) is 8.52. The number of hydrogen-bond donors (Lipinski definition) is 1. The third kappa shape index (κ3) is 3.85. The summed E-state index contributed by atoms with van der Waals surface area (Å²) in [6.07, 6.45) is 6.06. The van der Waals surface area contributed by atoms with Crippen molar-refractivity contribution in [2.24, 2.45) is 17.8 Å². The highest BCUT2D eigenvalue weighted by Gasteiger charge is 2.39. The molecule has 0 amide bonds. The number of nitrogens with one attached hydrogen (secondary N) is 1. The Kier molecular flexibility index (Phi) is 5.18. The molecule has 4 heteroatoms. The molecule has 0 aromatic carbocycles. The minimum absolute atomic E-state index is 0.993. The molecule has 20 heavy (non-hydrogen) atoms. The van der Waals surface area contributed by atoms with Gasteiger partial charge in [0.05, 0.1) is 0 Å². The highest BCUT2D eigenvalue weighted by molar-refractivity contribution is 9.10. The van der Waals surface area contributed by atoms with Gasteiger partial charge in [0.15, 0.2) is 0 Å². The zero-order valence-electron chi connectivity index (χ0n) is 12.3. The van der Waals surface area contributed by atoms with E-state index in [1.165, 1.54) is 48.1 Å². The fourth-order valence-electron chi connectivity index (χ4n) is 4.02. The zero-order valence-corrected chi connectivity index (χ0v) is 14.7. The molecule has 3 atom stereocenters. The Morgan fingerprint density at radius 3 is 2.95 bits per heavy atom. The van der Waals surface area contributed by atoms with Gasteiger partial charge in [-0.25, -0.2) is 0 Å². The van der Waals surface area contributed by atoms with Gasteiger partial charge in [0.1, 0.15) is 0 Å². The van der Waals surface area contributed by atoms with Crippen molar-refractivity contribution >= 4 is 27.3 Å². The van der Waals surface area contributed by atoms with Crippen LogP contribution in [0.2, 0.25) is 0 Å². The highest BCUT2D eigenvalue weighted by Crippen LogP contribution is 2.48. The molecule has 1 aromatic rings. The van der Waals surface area contributed by atoms with Gasteiger partial charge in [-0.2, -0.15) is 0 Å². The van der Waals surface area contributed by atoms with E-state index in [1.54, 1.807) is 0 Å². The third-order valence-electron chi connectivity index (χ3n) is 5.02. The smallest absolute Gasteiger partial charge is 0.0300 e. The summed E-state index contributed by atoms with van der Waals surface area (Å²) in [6, 6.07) is 2.21. The predicted molar refractivity (Wildman–Crippen MR) is 90.2 cm³/mol. The fraction of sp³-hybridized carbons (Fsp3) is 0.750.